The monoisotopic (exact) mass is 521 g/mol. The third-order valence-electron chi connectivity index (χ3n) is 6.11. The van der Waals surface area contributed by atoms with Crippen molar-refractivity contribution in [2.75, 3.05) is 13.7 Å². The maximum absolute atomic E-state index is 14.1. The summed E-state index contributed by atoms with van der Waals surface area (Å²) >= 11 is 0. The summed E-state index contributed by atoms with van der Waals surface area (Å²) in [6.45, 7) is 5.90. The Morgan fingerprint density at radius 1 is 1.24 bits per heavy atom. The van der Waals surface area contributed by atoms with Gasteiger partial charge in [-0.05, 0) is 36.8 Å². The molecule has 9 nitrogen and oxygen atoms in total. The van der Waals surface area contributed by atoms with Crippen molar-refractivity contribution >= 4 is 28.6 Å². The van der Waals surface area contributed by atoms with Crippen molar-refractivity contribution in [3.8, 4) is 11.8 Å². The molecule has 3 amide bonds. The number of fused-ring (bicyclic) bond motifs is 1. The first-order chi connectivity index (χ1) is 17.2. The number of rotatable bonds is 8. The Kier molecular flexibility index (Phi) is 8.05. The molecule has 200 valence electrons. The van der Waals surface area contributed by atoms with Gasteiger partial charge in [0.25, 0.3) is 5.91 Å². The van der Waals surface area contributed by atoms with Crippen LogP contribution in [-0.4, -0.2) is 48.4 Å². The van der Waals surface area contributed by atoms with Gasteiger partial charge < -0.3 is 25.7 Å². The zero-order chi connectivity index (χ0) is 27.5. The molecule has 0 unspecified atom stereocenters. The van der Waals surface area contributed by atoms with Gasteiger partial charge in [-0.3, -0.25) is 14.4 Å². The van der Waals surface area contributed by atoms with Crippen LogP contribution >= 0.6 is 0 Å². The number of halogens is 3. The number of aromatic amines is 1. The van der Waals surface area contributed by atoms with Crippen LogP contribution in [0.3, 0.4) is 0 Å². The van der Waals surface area contributed by atoms with E-state index in [1.54, 1.807) is 20.8 Å². The number of ether oxygens (including phenoxy) is 1. The first kappa shape index (κ1) is 27.8. The van der Waals surface area contributed by atoms with E-state index in [1.165, 1.54) is 25.3 Å². The molecule has 0 bridgehead atoms. The van der Waals surface area contributed by atoms with Gasteiger partial charge in [0.15, 0.2) is 0 Å². The molecule has 3 atom stereocenters. The zero-order valence-electron chi connectivity index (χ0n) is 21.0. The SMILES string of the molecule is COc1cccc2[nH]c(C(=O)N[C@@H](CC(C)(C)C)C(=O)N[C@H](C#N)C[C@@H]3CCNC3=O)c(C(F)(F)F)c12. The molecule has 0 saturated carbocycles. The normalized spacial score (nSPS) is 17.6. The number of aromatic nitrogens is 1. The molecule has 0 spiro atoms. The minimum atomic E-state index is -4.89. The highest BCUT2D eigenvalue weighted by Crippen LogP contribution is 2.41. The number of H-pyrrole nitrogens is 1. The number of nitrogens with zero attached hydrogens (tertiary/aromatic N) is 1. The first-order valence-electron chi connectivity index (χ1n) is 11.8. The van der Waals surface area contributed by atoms with Crippen molar-refractivity contribution < 1.29 is 32.3 Å². The van der Waals surface area contributed by atoms with Crippen LogP contribution in [0.15, 0.2) is 18.2 Å². The van der Waals surface area contributed by atoms with E-state index in [1.807, 2.05) is 6.07 Å². The molecule has 1 saturated heterocycles. The summed E-state index contributed by atoms with van der Waals surface area (Å²) in [7, 11) is 1.23. The Hall–Kier alpha value is -3.75. The molecule has 4 N–H and O–H groups in total. The molecule has 1 aliphatic rings. The number of carbonyl (C=O) groups excluding carboxylic acids is 3. The van der Waals surface area contributed by atoms with Crippen molar-refractivity contribution in [3.63, 3.8) is 0 Å². The predicted octanol–water partition coefficient (Wildman–Crippen LogP) is 3.26. The second-order valence-corrected chi connectivity index (χ2v) is 10.2. The standard InChI is InChI=1S/C25H30F3N5O4/c1-24(2,3)11-16(22(35)31-14(12-29)10-13-8-9-30-21(13)34)33-23(36)20-19(25(26,27)28)18-15(32-20)6-5-7-17(18)37-4/h5-7,13-14,16,32H,8-11H2,1-4H3,(H,30,34)(H,31,35)(H,33,36)/t13-,14-,16-/m0/s1. The largest absolute Gasteiger partial charge is 0.496 e. The zero-order valence-corrected chi connectivity index (χ0v) is 21.0. The molecule has 0 aliphatic carbocycles. The van der Waals surface area contributed by atoms with Gasteiger partial charge in [0.05, 0.1) is 29.6 Å². The van der Waals surface area contributed by atoms with Crippen molar-refractivity contribution in [1.29, 1.82) is 5.26 Å². The lowest BCUT2D eigenvalue weighted by Crippen LogP contribution is -2.51. The second-order valence-electron chi connectivity index (χ2n) is 10.2. The Labute approximate surface area is 212 Å². The molecule has 12 heteroatoms. The van der Waals surface area contributed by atoms with Crippen LogP contribution in [0.1, 0.15) is 56.1 Å². The van der Waals surface area contributed by atoms with Gasteiger partial charge in [0.2, 0.25) is 11.8 Å². The highest BCUT2D eigenvalue weighted by molar-refractivity contribution is 6.04. The summed E-state index contributed by atoms with van der Waals surface area (Å²) < 4.78 is 47.4. The summed E-state index contributed by atoms with van der Waals surface area (Å²) in [6.07, 6.45) is -4.20. The fraction of sp³-hybridized carbons (Fsp3) is 0.520. The van der Waals surface area contributed by atoms with E-state index in [9.17, 15) is 32.8 Å². The maximum atomic E-state index is 14.1. The number of benzene rings is 1. The molecule has 1 fully saturated rings. The van der Waals surface area contributed by atoms with Crippen molar-refractivity contribution in [2.24, 2.45) is 11.3 Å². The predicted molar refractivity (Wildman–Crippen MR) is 128 cm³/mol. The molecule has 1 aromatic carbocycles. The first-order valence-corrected chi connectivity index (χ1v) is 11.8. The molecule has 0 radical (unpaired) electrons. The molecule has 2 aromatic rings. The third kappa shape index (κ3) is 6.53. The lowest BCUT2D eigenvalue weighted by molar-refractivity contribution is -0.136. The summed E-state index contributed by atoms with van der Waals surface area (Å²) in [4.78, 5) is 40.7. The van der Waals surface area contributed by atoms with Gasteiger partial charge in [0, 0.05) is 12.5 Å². The second kappa shape index (κ2) is 10.7. The van der Waals surface area contributed by atoms with Gasteiger partial charge in [-0.25, -0.2) is 0 Å². The molecular formula is C25H30F3N5O4. The Balaban J connectivity index is 1.90. The molecule has 3 rings (SSSR count). The number of amides is 3. The van der Waals surface area contributed by atoms with Gasteiger partial charge in [-0.1, -0.05) is 26.8 Å². The van der Waals surface area contributed by atoms with Crippen LogP contribution in [0.5, 0.6) is 5.75 Å². The maximum Gasteiger partial charge on any atom is 0.419 e. The molecule has 2 heterocycles. The van der Waals surface area contributed by atoms with E-state index in [-0.39, 0.29) is 35.4 Å². The van der Waals surface area contributed by atoms with E-state index >= 15 is 0 Å². The number of methoxy groups -OCH3 is 1. The highest BCUT2D eigenvalue weighted by Gasteiger charge is 2.41. The van der Waals surface area contributed by atoms with Crippen LogP contribution in [0, 0.1) is 22.7 Å². The van der Waals surface area contributed by atoms with Crippen molar-refractivity contribution in [2.45, 2.75) is 58.3 Å². The fourth-order valence-corrected chi connectivity index (χ4v) is 4.46. The molecule has 1 aliphatic heterocycles. The Morgan fingerprint density at radius 3 is 2.49 bits per heavy atom. The van der Waals surface area contributed by atoms with Gasteiger partial charge in [-0.15, -0.1) is 0 Å². The smallest absolute Gasteiger partial charge is 0.419 e. The number of alkyl halides is 3. The van der Waals surface area contributed by atoms with Crippen LogP contribution in [0.2, 0.25) is 0 Å². The van der Waals surface area contributed by atoms with E-state index in [4.69, 9.17) is 4.74 Å². The van der Waals surface area contributed by atoms with E-state index < -0.39 is 52.7 Å². The van der Waals surface area contributed by atoms with E-state index in [0.29, 0.717) is 13.0 Å². The Bertz CT molecular complexity index is 1230. The third-order valence-corrected chi connectivity index (χ3v) is 6.11. The van der Waals surface area contributed by atoms with Gasteiger partial charge in [0.1, 0.15) is 23.5 Å². The molecule has 37 heavy (non-hydrogen) atoms. The lowest BCUT2D eigenvalue weighted by atomic mass is 9.87. The lowest BCUT2D eigenvalue weighted by Gasteiger charge is -2.27. The number of hydrogen-bond donors (Lipinski definition) is 4. The van der Waals surface area contributed by atoms with Crippen molar-refractivity contribution in [1.82, 2.24) is 20.9 Å². The number of nitrogens with one attached hydrogen (secondary N) is 4. The van der Waals surface area contributed by atoms with Gasteiger partial charge >= 0.3 is 6.18 Å². The molecular weight excluding hydrogens is 491 g/mol. The molecule has 1 aromatic heterocycles. The number of nitriles is 1. The quantitative estimate of drug-likeness (QED) is 0.423. The average Bonchev–Trinajstić information content (AvgIpc) is 3.40. The Morgan fingerprint density at radius 2 is 1.95 bits per heavy atom. The minimum absolute atomic E-state index is 0.0491. The summed E-state index contributed by atoms with van der Waals surface area (Å²) in [5.74, 6) is -2.55. The fourth-order valence-electron chi connectivity index (χ4n) is 4.46. The van der Waals surface area contributed by atoms with Gasteiger partial charge in [-0.2, -0.15) is 18.4 Å². The van der Waals surface area contributed by atoms with E-state index in [0.717, 1.165) is 0 Å². The van der Waals surface area contributed by atoms with Crippen molar-refractivity contribution in [3.05, 3.63) is 29.5 Å². The van der Waals surface area contributed by atoms with Crippen LogP contribution < -0.4 is 20.7 Å². The average molecular weight is 522 g/mol. The summed E-state index contributed by atoms with van der Waals surface area (Å²) in [5.41, 5.74) is -2.40. The summed E-state index contributed by atoms with van der Waals surface area (Å²) in [6, 6.07) is 3.93. The van der Waals surface area contributed by atoms with Crippen LogP contribution in [0.4, 0.5) is 13.2 Å². The van der Waals surface area contributed by atoms with Crippen LogP contribution in [0.25, 0.3) is 10.9 Å². The van der Waals surface area contributed by atoms with E-state index in [2.05, 4.69) is 20.9 Å². The number of carbonyl (C=O) groups is 3. The topological polar surface area (TPSA) is 136 Å². The minimum Gasteiger partial charge on any atom is -0.496 e. The summed E-state index contributed by atoms with van der Waals surface area (Å²) in [5, 5.41) is 16.9. The van der Waals surface area contributed by atoms with Crippen LogP contribution in [-0.2, 0) is 15.8 Å². The highest BCUT2D eigenvalue weighted by atomic mass is 19.4. The number of hydrogen-bond acceptors (Lipinski definition) is 5.